The zero-order chi connectivity index (χ0) is 18.1. The standard InChI is InChI=1S/C21H28N4O/c1-3-19-16(2)22-21-24(18-12-8-5-9-13-18)14-23(15-25(21)20(19)26)17-10-6-4-7-11-17/h5,8-9,12-13,17H,3-4,6-7,10-11,14-15H2,1-2H3. The van der Waals surface area contributed by atoms with Gasteiger partial charge >= 0.3 is 0 Å². The van der Waals surface area contributed by atoms with Gasteiger partial charge in [0.15, 0.2) is 0 Å². The minimum Gasteiger partial charge on any atom is -0.298 e. The molecule has 0 N–H and O–H groups in total. The number of aryl methyl sites for hydroxylation is 1. The van der Waals surface area contributed by atoms with Gasteiger partial charge in [-0.25, -0.2) is 4.98 Å². The molecule has 4 rings (SSSR count). The third-order valence-electron chi connectivity index (χ3n) is 5.85. The maximum absolute atomic E-state index is 13.1. The molecule has 0 radical (unpaired) electrons. The fourth-order valence-electron chi connectivity index (χ4n) is 4.38. The van der Waals surface area contributed by atoms with Crippen molar-refractivity contribution in [1.29, 1.82) is 0 Å². The summed E-state index contributed by atoms with van der Waals surface area (Å²) in [4.78, 5) is 22.7. The van der Waals surface area contributed by atoms with E-state index >= 15 is 0 Å². The SMILES string of the molecule is CCc1c(C)nc2n(c1=O)CN(C1CCCCC1)CN2c1ccccc1. The first kappa shape index (κ1) is 17.3. The van der Waals surface area contributed by atoms with Gasteiger partial charge in [0.1, 0.15) is 0 Å². The molecule has 5 heteroatoms. The molecule has 0 atom stereocenters. The van der Waals surface area contributed by atoms with E-state index in [0.29, 0.717) is 12.7 Å². The first-order chi connectivity index (χ1) is 12.7. The maximum Gasteiger partial charge on any atom is 0.259 e. The van der Waals surface area contributed by atoms with Gasteiger partial charge in [-0.3, -0.25) is 19.2 Å². The number of aromatic nitrogens is 2. The van der Waals surface area contributed by atoms with Crippen LogP contribution >= 0.6 is 0 Å². The highest BCUT2D eigenvalue weighted by atomic mass is 16.1. The molecular weight excluding hydrogens is 324 g/mol. The van der Waals surface area contributed by atoms with Gasteiger partial charge in [0, 0.05) is 23.0 Å². The van der Waals surface area contributed by atoms with Crippen molar-refractivity contribution in [2.45, 2.75) is 65.1 Å². The van der Waals surface area contributed by atoms with Gasteiger partial charge in [0.2, 0.25) is 5.95 Å². The summed E-state index contributed by atoms with van der Waals surface area (Å²) in [6.45, 7) is 5.45. The number of anilines is 2. The lowest BCUT2D eigenvalue weighted by Crippen LogP contribution is -2.52. The first-order valence-electron chi connectivity index (χ1n) is 9.86. The largest absolute Gasteiger partial charge is 0.298 e. The number of nitrogens with zero attached hydrogens (tertiary/aromatic N) is 4. The summed E-state index contributed by atoms with van der Waals surface area (Å²) in [6, 6.07) is 10.9. The molecule has 1 saturated carbocycles. The second-order valence-electron chi connectivity index (χ2n) is 7.49. The highest BCUT2D eigenvalue weighted by molar-refractivity contribution is 5.58. The van der Waals surface area contributed by atoms with Crippen LogP contribution in [0, 0.1) is 6.92 Å². The van der Waals surface area contributed by atoms with Crippen LogP contribution in [0.1, 0.15) is 50.3 Å². The van der Waals surface area contributed by atoms with Crippen LogP contribution < -0.4 is 10.5 Å². The van der Waals surface area contributed by atoms with Crippen molar-refractivity contribution in [3.05, 3.63) is 51.9 Å². The summed E-state index contributed by atoms with van der Waals surface area (Å²) in [5.41, 5.74) is 2.91. The van der Waals surface area contributed by atoms with E-state index in [9.17, 15) is 4.79 Å². The van der Waals surface area contributed by atoms with E-state index in [1.54, 1.807) is 0 Å². The van der Waals surface area contributed by atoms with Crippen LogP contribution in [-0.2, 0) is 13.1 Å². The molecule has 1 fully saturated rings. The Labute approximate surface area is 155 Å². The molecule has 1 aliphatic carbocycles. The van der Waals surface area contributed by atoms with Crippen molar-refractivity contribution in [3.63, 3.8) is 0 Å². The third-order valence-corrected chi connectivity index (χ3v) is 5.85. The van der Waals surface area contributed by atoms with Crippen LogP contribution in [0.15, 0.2) is 35.1 Å². The number of hydrogen-bond acceptors (Lipinski definition) is 4. The van der Waals surface area contributed by atoms with Crippen molar-refractivity contribution >= 4 is 11.6 Å². The normalized spacial score (nSPS) is 18.8. The molecule has 5 nitrogen and oxygen atoms in total. The van der Waals surface area contributed by atoms with Crippen molar-refractivity contribution in [2.75, 3.05) is 11.6 Å². The van der Waals surface area contributed by atoms with Crippen LogP contribution in [0.4, 0.5) is 11.6 Å². The predicted octanol–water partition coefficient (Wildman–Crippen LogP) is 3.82. The monoisotopic (exact) mass is 352 g/mol. The summed E-state index contributed by atoms with van der Waals surface area (Å²) in [6.07, 6.45) is 7.11. The van der Waals surface area contributed by atoms with Gasteiger partial charge in [0.05, 0.1) is 13.3 Å². The Morgan fingerprint density at radius 3 is 2.50 bits per heavy atom. The lowest BCUT2D eigenvalue weighted by atomic mass is 9.94. The highest BCUT2D eigenvalue weighted by Crippen LogP contribution is 2.31. The highest BCUT2D eigenvalue weighted by Gasteiger charge is 2.31. The smallest absolute Gasteiger partial charge is 0.259 e. The van der Waals surface area contributed by atoms with E-state index in [1.165, 1.54) is 32.1 Å². The molecule has 138 valence electrons. The van der Waals surface area contributed by atoms with Gasteiger partial charge in [-0.15, -0.1) is 0 Å². The molecule has 0 amide bonds. The topological polar surface area (TPSA) is 41.4 Å². The average molecular weight is 352 g/mol. The van der Waals surface area contributed by atoms with Gasteiger partial charge in [-0.2, -0.15) is 0 Å². The quantitative estimate of drug-likeness (QED) is 0.842. The minimum atomic E-state index is 0.122. The molecule has 26 heavy (non-hydrogen) atoms. The summed E-state index contributed by atoms with van der Waals surface area (Å²) < 4.78 is 1.89. The molecule has 1 aromatic carbocycles. The van der Waals surface area contributed by atoms with Gasteiger partial charge in [-0.05, 0) is 38.3 Å². The number of rotatable bonds is 3. The number of hydrogen-bond donors (Lipinski definition) is 0. The Morgan fingerprint density at radius 2 is 1.81 bits per heavy atom. The summed E-state index contributed by atoms with van der Waals surface area (Å²) in [5, 5.41) is 0. The lowest BCUT2D eigenvalue weighted by molar-refractivity contribution is 0.107. The predicted molar refractivity (Wildman–Crippen MR) is 105 cm³/mol. The molecule has 0 saturated heterocycles. The van der Waals surface area contributed by atoms with E-state index in [0.717, 1.165) is 36.0 Å². The van der Waals surface area contributed by atoms with E-state index in [4.69, 9.17) is 4.98 Å². The molecule has 2 aromatic rings. The molecule has 0 bridgehead atoms. The van der Waals surface area contributed by atoms with Crippen molar-refractivity contribution in [2.24, 2.45) is 0 Å². The molecule has 0 unspecified atom stereocenters. The Bertz CT molecular complexity index is 824. The van der Waals surface area contributed by atoms with Crippen LogP contribution in [0.3, 0.4) is 0 Å². The lowest BCUT2D eigenvalue weighted by Gasteiger charge is -2.43. The molecule has 2 aliphatic rings. The van der Waals surface area contributed by atoms with Crippen LogP contribution in [0.25, 0.3) is 0 Å². The van der Waals surface area contributed by atoms with Crippen LogP contribution in [0.5, 0.6) is 0 Å². The van der Waals surface area contributed by atoms with E-state index in [-0.39, 0.29) is 5.56 Å². The van der Waals surface area contributed by atoms with Gasteiger partial charge in [0.25, 0.3) is 5.56 Å². The minimum absolute atomic E-state index is 0.122. The number of para-hydroxylation sites is 1. The van der Waals surface area contributed by atoms with Crippen molar-refractivity contribution in [1.82, 2.24) is 14.5 Å². The number of fused-ring (bicyclic) bond motifs is 1. The van der Waals surface area contributed by atoms with E-state index in [1.807, 2.05) is 36.6 Å². The zero-order valence-electron chi connectivity index (χ0n) is 15.8. The second kappa shape index (κ2) is 7.23. The fourth-order valence-corrected chi connectivity index (χ4v) is 4.38. The average Bonchev–Trinajstić information content (AvgIpc) is 2.69. The van der Waals surface area contributed by atoms with E-state index in [2.05, 4.69) is 21.9 Å². The molecule has 1 aromatic heterocycles. The maximum atomic E-state index is 13.1. The Kier molecular flexibility index (Phi) is 4.81. The number of benzene rings is 1. The third kappa shape index (κ3) is 3.05. The van der Waals surface area contributed by atoms with Gasteiger partial charge in [-0.1, -0.05) is 44.4 Å². The fraction of sp³-hybridized carbons (Fsp3) is 0.524. The summed E-state index contributed by atoms with van der Waals surface area (Å²) in [5.74, 6) is 0.781. The van der Waals surface area contributed by atoms with Gasteiger partial charge < -0.3 is 0 Å². The first-order valence-corrected chi connectivity index (χ1v) is 9.86. The summed E-state index contributed by atoms with van der Waals surface area (Å²) >= 11 is 0. The van der Waals surface area contributed by atoms with E-state index < -0.39 is 0 Å². The van der Waals surface area contributed by atoms with Crippen molar-refractivity contribution < 1.29 is 0 Å². The van der Waals surface area contributed by atoms with Crippen molar-refractivity contribution in [3.8, 4) is 0 Å². The van der Waals surface area contributed by atoms with Crippen LogP contribution in [0.2, 0.25) is 0 Å². The second-order valence-corrected chi connectivity index (χ2v) is 7.49. The summed E-state index contributed by atoms with van der Waals surface area (Å²) in [7, 11) is 0. The Balaban J connectivity index is 1.80. The van der Waals surface area contributed by atoms with Crippen LogP contribution in [-0.4, -0.2) is 27.2 Å². The molecule has 1 aliphatic heterocycles. The Hall–Kier alpha value is -2.14. The molecule has 2 heterocycles. The molecule has 0 spiro atoms. The Morgan fingerprint density at radius 1 is 1.08 bits per heavy atom. The zero-order valence-corrected chi connectivity index (χ0v) is 15.8. The molecular formula is C21H28N4O.